The van der Waals surface area contributed by atoms with E-state index in [4.69, 9.17) is 4.42 Å². The van der Waals surface area contributed by atoms with Crippen molar-refractivity contribution in [3.63, 3.8) is 0 Å². The Kier molecular flexibility index (Phi) is 4.61. The first kappa shape index (κ1) is 13.4. The number of rotatable bonds is 6. The molecule has 1 atom stereocenters. The molecule has 0 saturated heterocycles. The van der Waals surface area contributed by atoms with Gasteiger partial charge in [-0.2, -0.15) is 0 Å². The van der Waals surface area contributed by atoms with E-state index in [2.05, 4.69) is 37.4 Å². The smallest absolute Gasteiger partial charge is 0.126 e. The molecule has 0 aliphatic rings. The molecule has 1 unspecified atom stereocenters. The molecule has 0 fully saturated rings. The molecule has 0 aromatic carbocycles. The summed E-state index contributed by atoms with van der Waals surface area (Å²) >= 11 is 1.87. The maximum atomic E-state index is 5.78. The summed E-state index contributed by atoms with van der Waals surface area (Å²) in [6, 6.07) is 8.74. The number of thiophene rings is 1. The second-order valence-corrected chi connectivity index (χ2v) is 5.69. The Bertz CT molecular complexity index is 486. The molecular formula is C15H21NOS. The standard InChI is InChI=1S/C15H21NOS/c1-4-10-16-15(13-8-6-11(3)17-13)14-9-7-12(5-2)18-14/h6-9,15-16H,4-5,10H2,1-3H3. The molecule has 0 saturated carbocycles. The van der Waals surface area contributed by atoms with Gasteiger partial charge in [0.25, 0.3) is 0 Å². The van der Waals surface area contributed by atoms with E-state index in [9.17, 15) is 0 Å². The molecular weight excluding hydrogens is 242 g/mol. The molecule has 0 aliphatic heterocycles. The van der Waals surface area contributed by atoms with Crippen LogP contribution in [-0.2, 0) is 6.42 Å². The lowest BCUT2D eigenvalue weighted by Crippen LogP contribution is -2.21. The fraction of sp³-hybridized carbons (Fsp3) is 0.467. The Labute approximate surface area is 113 Å². The van der Waals surface area contributed by atoms with Crippen molar-refractivity contribution >= 4 is 11.3 Å². The molecule has 2 aromatic rings. The van der Waals surface area contributed by atoms with Gasteiger partial charge in [0.05, 0.1) is 0 Å². The van der Waals surface area contributed by atoms with E-state index in [-0.39, 0.29) is 6.04 Å². The van der Waals surface area contributed by atoms with Gasteiger partial charge in [-0.1, -0.05) is 13.8 Å². The second kappa shape index (κ2) is 6.21. The number of hydrogen-bond acceptors (Lipinski definition) is 3. The third-order valence-corrected chi connectivity index (χ3v) is 4.25. The van der Waals surface area contributed by atoms with Crippen molar-refractivity contribution in [3.8, 4) is 0 Å². The van der Waals surface area contributed by atoms with Gasteiger partial charge in [-0.05, 0) is 50.6 Å². The van der Waals surface area contributed by atoms with Crippen molar-refractivity contribution < 1.29 is 4.42 Å². The van der Waals surface area contributed by atoms with Crippen molar-refractivity contribution in [2.75, 3.05) is 6.54 Å². The highest BCUT2D eigenvalue weighted by molar-refractivity contribution is 7.12. The van der Waals surface area contributed by atoms with Crippen LogP contribution in [0.5, 0.6) is 0 Å². The molecule has 0 aliphatic carbocycles. The van der Waals surface area contributed by atoms with Crippen LogP contribution in [0.3, 0.4) is 0 Å². The summed E-state index contributed by atoms with van der Waals surface area (Å²) in [7, 11) is 0. The molecule has 2 nitrogen and oxygen atoms in total. The van der Waals surface area contributed by atoms with Crippen molar-refractivity contribution in [1.82, 2.24) is 5.32 Å². The minimum absolute atomic E-state index is 0.198. The van der Waals surface area contributed by atoms with Crippen LogP contribution in [0.1, 0.15) is 47.6 Å². The van der Waals surface area contributed by atoms with E-state index in [1.165, 1.54) is 9.75 Å². The minimum atomic E-state index is 0.198. The van der Waals surface area contributed by atoms with Gasteiger partial charge < -0.3 is 9.73 Å². The quantitative estimate of drug-likeness (QED) is 0.840. The number of furan rings is 1. The van der Waals surface area contributed by atoms with Gasteiger partial charge in [0.2, 0.25) is 0 Å². The monoisotopic (exact) mass is 263 g/mol. The van der Waals surface area contributed by atoms with Crippen LogP contribution in [0.15, 0.2) is 28.7 Å². The molecule has 0 amide bonds. The molecule has 2 heterocycles. The molecule has 0 bridgehead atoms. The predicted octanol–water partition coefficient (Wildman–Crippen LogP) is 4.30. The van der Waals surface area contributed by atoms with E-state index in [0.717, 1.165) is 30.9 Å². The van der Waals surface area contributed by atoms with Crippen molar-refractivity contribution in [2.24, 2.45) is 0 Å². The van der Waals surface area contributed by atoms with Crippen molar-refractivity contribution in [2.45, 2.75) is 39.7 Å². The number of nitrogens with one attached hydrogen (secondary N) is 1. The third-order valence-electron chi connectivity index (χ3n) is 2.96. The predicted molar refractivity (Wildman–Crippen MR) is 77.3 cm³/mol. The summed E-state index contributed by atoms with van der Waals surface area (Å²) in [4.78, 5) is 2.77. The van der Waals surface area contributed by atoms with Crippen molar-refractivity contribution in [1.29, 1.82) is 0 Å². The van der Waals surface area contributed by atoms with Gasteiger partial charge in [-0.15, -0.1) is 11.3 Å². The minimum Gasteiger partial charge on any atom is -0.464 e. The van der Waals surface area contributed by atoms with Gasteiger partial charge in [-0.3, -0.25) is 0 Å². The first-order valence-electron chi connectivity index (χ1n) is 6.63. The molecule has 2 aromatic heterocycles. The molecule has 0 radical (unpaired) electrons. The molecule has 3 heteroatoms. The van der Waals surface area contributed by atoms with Crippen LogP contribution in [0.4, 0.5) is 0 Å². The van der Waals surface area contributed by atoms with Crippen LogP contribution < -0.4 is 5.32 Å². The second-order valence-electron chi connectivity index (χ2n) is 4.49. The van der Waals surface area contributed by atoms with E-state index in [0.29, 0.717) is 0 Å². The molecule has 0 spiro atoms. The molecule has 2 rings (SSSR count). The van der Waals surface area contributed by atoms with Gasteiger partial charge in [0.1, 0.15) is 17.6 Å². The fourth-order valence-electron chi connectivity index (χ4n) is 1.98. The number of hydrogen-bond donors (Lipinski definition) is 1. The van der Waals surface area contributed by atoms with Crippen LogP contribution >= 0.6 is 11.3 Å². The van der Waals surface area contributed by atoms with E-state index < -0.39 is 0 Å². The number of aryl methyl sites for hydroxylation is 2. The van der Waals surface area contributed by atoms with E-state index in [1.807, 2.05) is 24.3 Å². The zero-order valence-electron chi connectivity index (χ0n) is 11.3. The Morgan fingerprint density at radius 2 is 2.06 bits per heavy atom. The van der Waals surface area contributed by atoms with Crippen LogP contribution in [0.2, 0.25) is 0 Å². The van der Waals surface area contributed by atoms with Crippen LogP contribution in [0.25, 0.3) is 0 Å². The van der Waals surface area contributed by atoms with Crippen LogP contribution in [-0.4, -0.2) is 6.54 Å². The largest absolute Gasteiger partial charge is 0.464 e. The average molecular weight is 263 g/mol. The lowest BCUT2D eigenvalue weighted by atomic mass is 10.2. The topological polar surface area (TPSA) is 25.2 Å². The first-order valence-corrected chi connectivity index (χ1v) is 7.44. The highest BCUT2D eigenvalue weighted by atomic mass is 32.1. The van der Waals surface area contributed by atoms with Gasteiger partial charge >= 0.3 is 0 Å². The normalized spacial score (nSPS) is 12.8. The Morgan fingerprint density at radius 3 is 2.61 bits per heavy atom. The Morgan fingerprint density at radius 1 is 1.22 bits per heavy atom. The molecule has 1 N–H and O–H groups in total. The SMILES string of the molecule is CCCNC(c1ccc(C)o1)c1ccc(CC)s1. The Hall–Kier alpha value is -1.06. The van der Waals surface area contributed by atoms with Gasteiger partial charge in [-0.25, -0.2) is 0 Å². The summed E-state index contributed by atoms with van der Waals surface area (Å²) in [6.45, 7) is 7.38. The summed E-state index contributed by atoms with van der Waals surface area (Å²) in [6.07, 6.45) is 2.23. The van der Waals surface area contributed by atoms with E-state index in [1.54, 1.807) is 0 Å². The van der Waals surface area contributed by atoms with Crippen molar-refractivity contribution in [3.05, 3.63) is 45.5 Å². The molecule has 18 heavy (non-hydrogen) atoms. The van der Waals surface area contributed by atoms with Gasteiger partial charge in [0.15, 0.2) is 0 Å². The fourth-order valence-corrected chi connectivity index (χ4v) is 3.01. The maximum Gasteiger partial charge on any atom is 0.126 e. The third kappa shape index (κ3) is 3.03. The summed E-state index contributed by atoms with van der Waals surface area (Å²) in [5.41, 5.74) is 0. The summed E-state index contributed by atoms with van der Waals surface area (Å²) < 4.78 is 5.78. The average Bonchev–Trinajstić information content (AvgIpc) is 2.99. The lowest BCUT2D eigenvalue weighted by molar-refractivity contribution is 0.433. The van der Waals surface area contributed by atoms with Crippen LogP contribution in [0, 0.1) is 6.92 Å². The lowest BCUT2D eigenvalue weighted by Gasteiger charge is -2.14. The highest BCUT2D eigenvalue weighted by Crippen LogP contribution is 2.29. The highest BCUT2D eigenvalue weighted by Gasteiger charge is 2.18. The summed E-state index contributed by atoms with van der Waals surface area (Å²) in [5.74, 6) is 1.99. The Balaban J connectivity index is 2.24. The van der Waals surface area contributed by atoms with Gasteiger partial charge in [0, 0.05) is 9.75 Å². The maximum absolute atomic E-state index is 5.78. The zero-order valence-corrected chi connectivity index (χ0v) is 12.1. The molecule has 98 valence electrons. The summed E-state index contributed by atoms with van der Waals surface area (Å²) in [5, 5.41) is 3.57. The van der Waals surface area contributed by atoms with E-state index >= 15 is 0 Å². The first-order chi connectivity index (χ1) is 8.74. The zero-order chi connectivity index (χ0) is 13.0.